The van der Waals surface area contributed by atoms with Gasteiger partial charge in [0.05, 0.1) is 24.4 Å². The van der Waals surface area contributed by atoms with Gasteiger partial charge in [0, 0.05) is 18.8 Å². The summed E-state index contributed by atoms with van der Waals surface area (Å²) in [5, 5.41) is 2.74. The number of amides is 2. The third-order valence-electron chi connectivity index (χ3n) is 3.32. The first-order chi connectivity index (χ1) is 9.51. The van der Waals surface area contributed by atoms with Gasteiger partial charge in [-0.15, -0.1) is 0 Å². The number of carbonyl (C=O) groups is 2. The molecule has 7 heteroatoms. The van der Waals surface area contributed by atoms with E-state index in [4.69, 9.17) is 11.5 Å². The third kappa shape index (κ3) is 2.93. The minimum absolute atomic E-state index is 0.0235. The summed E-state index contributed by atoms with van der Waals surface area (Å²) in [6.07, 6.45) is 0.307. The predicted octanol–water partition coefficient (Wildman–Crippen LogP) is 0.302. The van der Waals surface area contributed by atoms with Gasteiger partial charge in [-0.2, -0.15) is 0 Å². The summed E-state index contributed by atoms with van der Waals surface area (Å²) in [4.78, 5) is 24.6. The molecule has 0 aliphatic carbocycles. The molecule has 1 aromatic rings. The number of ether oxygens (including phenoxy) is 1. The number of hydrogen-bond donors (Lipinski definition) is 3. The van der Waals surface area contributed by atoms with Crippen molar-refractivity contribution in [3.05, 3.63) is 23.8 Å². The van der Waals surface area contributed by atoms with Crippen LogP contribution in [0.15, 0.2) is 18.2 Å². The first-order valence-electron chi connectivity index (χ1n) is 6.30. The van der Waals surface area contributed by atoms with E-state index in [0.717, 1.165) is 6.42 Å². The van der Waals surface area contributed by atoms with Crippen molar-refractivity contribution in [2.24, 2.45) is 5.73 Å². The van der Waals surface area contributed by atoms with Gasteiger partial charge in [0.2, 0.25) is 0 Å². The molecule has 0 radical (unpaired) electrons. The Morgan fingerprint density at radius 2 is 2.20 bits per heavy atom. The number of primary amides is 1. The highest BCUT2D eigenvalue weighted by Gasteiger charge is 2.26. The number of rotatable bonds is 3. The van der Waals surface area contributed by atoms with Crippen molar-refractivity contribution >= 4 is 23.4 Å². The van der Waals surface area contributed by atoms with Crippen LogP contribution in [0.3, 0.4) is 0 Å². The van der Waals surface area contributed by atoms with Gasteiger partial charge in [-0.1, -0.05) is 0 Å². The van der Waals surface area contributed by atoms with Crippen LogP contribution in [0.1, 0.15) is 16.8 Å². The van der Waals surface area contributed by atoms with E-state index in [-0.39, 0.29) is 6.04 Å². The van der Waals surface area contributed by atoms with Gasteiger partial charge < -0.3 is 26.4 Å². The molecule has 7 nitrogen and oxygen atoms in total. The van der Waals surface area contributed by atoms with Crippen molar-refractivity contribution in [2.75, 3.05) is 30.8 Å². The van der Waals surface area contributed by atoms with Crippen LogP contribution < -0.4 is 21.7 Å². The average molecular weight is 278 g/mol. The zero-order valence-corrected chi connectivity index (χ0v) is 11.3. The molecule has 5 N–H and O–H groups in total. The first kappa shape index (κ1) is 14.0. The second-order valence-electron chi connectivity index (χ2n) is 4.71. The van der Waals surface area contributed by atoms with E-state index in [1.54, 1.807) is 18.2 Å². The monoisotopic (exact) mass is 278 g/mol. The number of benzene rings is 1. The van der Waals surface area contributed by atoms with Crippen LogP contribution in [0.25, 0.3) is 0 Å². The fourth-order valence-corrected chi connectivity index (χ4v) is 2.34. The molecule has 1 aliphatic heterocycles. The Labute approximate surface area is 116 Å². The molecule has 108 valence electrons. The maximum atomic E-state index is 11.5. The average Bonchev–Trinajstić information content (AvgIpc) is 2.86. The summed E-state index contributed by atoms with van der Waals surface area (Å²) >= 11 is 0. The summed E-state index contributed by atoms with van der Waals surface area (Å²) in [6, 6.07) is 4.96. The maximum Gasteiger partial charge on any atom is 0.407 e. The molecule has 0 bridgehead atoms. The van der Waals surface area contributed by atoms with Crippen molar-refractivity contribution in [1.82, 2.24) is 5.32 Å². The molecule has 2 rings (SSSR count). The van der Waals surface area contributed by atoms with Crippen molar-refractivity contribution in [2.45, 2.75) is 12.5 Å². The van der Waals surface area contributed by atoms with Gasteiger partial charge in [-0.3, -0.25) is 4.79 Å². The van der Waals surface area contributed by atoms with E-state index in [2.05, 4.69) is 10.1 Å². The minimum atomic E-state index is -0.496. The lowest BCUT2D eigenvalue weighted by Crippen LogP contribution is -2.37. The lowest BCUT2D eigenvalue weighted by atomic mass is 10.1. The predicted molar refractivity (Wildman–Crippen MR) is 75.5 cm³/mol. The van der Waals surface area contributed by atoms with Crippen molar-refractivity contribution < 1.29 is 14.3 Å². The van der Waals surface area contributed by atoms with Crippen LogP contribution >= 0.6 is 0 Å². The van der Waals surface area contributed by atoms with Gasteiger partial charge in [-0.25, -0.2) is 4.79 Å². The van der Waals surface area contributed by atoms with Crippen LogP contribution in [-0.4, -0.2) is 38.2 Å². The summed E-state index contributed by atoms with van der Waals surface area (Å²) in [6.45, 7) is 1.29. The van der Waals surface area contributed by atoms with Gasteiger partial charge in [0.15, 0.2) is 0 Å². The normalized spacial score (nSPS) is 17.9. The van der Waals surface area contributed by atoms with Crippen LogP contribution in [0.4, 0.5) is 16.2 Å². The van der Waals surface area contributed by atoms with Crippen LogP contribution in [-0.2, 0) is 4.74 Å². The topological polar surface area (TPSA) is 111 Å². The lowest BCUT2D eigenvalue weighted by Gasteiger charge is -2.21. The van der Waals surface area contributed by atoms with E-state index in [9.17, 15) is 9.59 Å². The molecule has 20 heavy (non-hydrogen) atoms. The molecule has 1 aromatic carbocycles. The number of nitrogens with zero attached hydrogens (tertiary/aromatic N) is 1. The number of hydrogen-bond acceptors (Lipinski definition) is 5. The van der Waals surface area contributed by atoms with Crippen molar-refractivity contribution in [3.63, 3.8) is 0 Å². The zero-order valence-electron chi connectivity index (χ0n) is 11.3. The number of nitrogens with one attached hydrogen (secondary N) is 1. The second-order valence-corrected chi connectivity index (χ2v) is 4.71. The first-order valence-corrected chi connectivity index (χ1v) is 6.30. The molecule has 1 aliphatic rings. The minimum Gasteiger partial charge on any atom is -0.453 e. The van der Waals surface area contributed by atoms with Crippen LogP contribution in [0, 0.1) is 0 Å². The van der Waals surface area contributed by atoms with Crippen molar-refractivity contribution in [3.8, 4) is 0 Å². The Kier molecular flexibility index (Phi) is 3.97. The maximum absolute atomic E-state index is 11.5. The molecule has 0 spiro atoms. The van der Waals surface area contributed by atoms with E-state index in [0.29, 0.717) is 30.0 Å². The Bertz CT molecular complexity index is 532. The van der Waals surface area contributed by atoms with Gasteiger partial charge in [-0.05, 0) is 24.6 Å². The zero-order chi connectivity index (χ0) is 14.7. The summed E-state index contributed by atoms with van der Waals surface area (Å²) in [5.74, 6) is -0.496. The summed E-state index contributed by atoms with van der Waals surface area (Å²) in [7, 11) is 1.32. The standard InChI is InChI=1S/C13H18N4O3/c1-20-13(19)16-9-4-5-17(7-9)11-6-8(14)2-3-10(11)12(15)18/h2-3,6,9H,4-5,7,14H2,1H3,(H2,15,18)(H,16,19). The molecule has 1 fully saturated rings. The molecule has 2 amide bonds. The summed E-state index contributed by atoms with van der Waals surface area (Å²) < 4.78 is 4.57. The quantitative estimate of drug-likeness (QED) is 0.689. The van der Waals surface area contributed by atoms with E-state index in [1.165, 1.54) is 7.11 Å². The Balaban J connectivity index is 2.15. The molecule has 1 heterocycles. The van der Waals surface area contributed by atoms with E-state index >= 15 is 0 Å². The molecular formula is C13H18N4O3. The SMILES string of the molecule is COC(=O)NC1CCN(c2cc(N)ccc2C(N)=O)C1. The van der Waals surface area contributed by atoms with E-state index in [1.807, 2.05) is 4.90 Å². The fraction of sp³-hybridized carbons (Fsp3) is 0.385. The highest BCUT2D eigenvalue weighted by Crippen LogP contribution is 2.26. The molecule has 1 atom stereocenters. The Morgan fingerprint density at radius 1 is 1.45 bits per heavy atom. The smallest absolute Gasteiger partial charge is 0.407 e. The van der Waals surface area contributed by atoms with Gasteiger partial charge >= 0.3 is 6.09 Å². The lowest BCUT2D eigenvalue weighted by molar-refractivity contribution is 0.100. The van der Waals surface area contributed by atoms with Gasteiger partial charge in [0.1, 0.15) is 0 Å². The second kappa shape index (κ2) is 5.68. The highest BCUT2D eigenvalue weighted by atomic mass is 16.5. The van der Waals surface area contributed by atoms with Crippen molar-refractivity contribution in [1.29, 1.82) is 0 Å². The fourth-order valence-electron chi connectivity index (χ4n) is 2.34. The third-order valence-corrected chi connectivity index (χ3v) is 3.32. The molecular weight excluding hydrogens is 260 g/mol. The number of carbonyl (C=O) groups excluding carboxylic acids is 2. The number of alkyl carbamates (subject to hydrolysis) is 1. The molecule has 0 aromatic heterocycles. The van der Waals surface area contributed by atoms with Gasteiger partial charge in [0.25, 0.3) is 5.91 Å². The molecule has 1 saturated heterocycles. The number of nitrogen functional groups attached to an aromatic ring is 1. The number of nitrogens with two attached hydrogens (primary N) is 2. The largest absolute Gasteiger partial charge is 0.453 e. The van der Waals surface area contributed by atoms with Crippen LogP contribution in [0.5, 0.6) is 0 Å². The highest BCUT2D eigenvalue weighted by molar-refractivity contribution is 5.99. The number of anilines is 2. The molecule has 0 saturated carbocycles. The Morgan fingerprint density at radius 3 is 2.85 bits per heavy atom. The Hall–Kier alpha value is -2.44. The van der Waals surface area contributed by atoms with E-state index < -0.39 is 12.0 Å². The molecule has 1 unspecified atom stereocenters. The van der Waals surface area contributed by atoms with Crippen LogP contribution in [0.2, 0.25) is 0 Å². The summed E-state index contributed by atoms with van der Waals surface area (Å²) in [5.41, 5.74) is 12.8. The number of methoxy groups -OCH3 is 1.